The Morgan fingerprint density at radius 1 is 1.00 bits per heavy atom. The molecule has 26 heavy (non-hydrogen) atoms. The van der Waals surface area contributed by atoms with Gasteiger partial charge < -0.3 is 4.52 Å². The first-order valence-corrected chi connectivity index (χ1v) is 10.4. The predicted molar refractivity (Wildman–Crippen MR) is 101 cm³/mol. The second kappa shape index (κ2) is 7.50. The summed E-state index contributed by atoms with van der Waals surface area (Å²) in [6.45, 7) is 10.9. The van der Waals surface area contributed by atoms with Gasteiger partial charge in [0.1, 0.15) is 5.76 Å². The summed E-state index contributed by atoms with van der Waals surface area (Å²) in [6, 6.07) is 5.81. The molecule has 1 aliphatic rings. The van der Waals surface area contributed by atoms with Crippen LogP contribution in [-0.4, -0.2) is 49.0 Å². The molecule has 0 radical (unpaired) electrons. The van der Waals surface area contributed by atoms with Crippen LogP contribution in [-0.2, 0) is 16.6 Å². The Balaban J connectivity index is 1.76. The summed E-state index contributed by atoms with van der Waals surface area (Å²) in [5.74, 6) is 0.796. The standard InChI is InChI=1S/C19H27N3O3S/c1-14-10-15(2)19(16(3)11-14)26(23,24)22-7-5-6-21(8-9-22)13-18-12-17(4)25-20-18/h10-12H,5-9,13H2,1-4H3. The van der Waals surface area contributed by atoms with Gasteiger partial charge in [-0.3, -0.25) is 4.90 Å². The van der Waals surface area contributed by atoms with E-state index in [4.69, 9.17) is 4.52 Å². The zero-order valence-corrected chi connectivity index (χ0v) is 16.8. The van der Waals surface area contributed by atoms with Gasteiger partial charge >= 0.3 is 0 Å². The molecular weight excluding hydrogens is 350 g/mol. The Labute approximate surface area is 155 Å². The number of rotatable bonds is 4. The third kappa shape index (κ3) is 4.00. The summed E-state index contributed by atoms with van der Waals surface area (Å²) in [4.78, 5) is 2.70. The molecule has 1 saturated heterocycles. The summed E-state index contributed by atoms with van der Waals surface area (Å²) in [6.07, 6.45) is 0.806. The summed E-state index contributed by atoms with van der Waals surface area (Å²) < 4.78 is 33.2. The lowest BCUT2D eigenvalue weighted by molar-refractivity contribution is 0.268. The number of hydrogen-bond donors (Lipinski definition) is 0. The van der Waals surface area contributed by atoms with Gasteiger partial charge in [0, 0.05) is 32.2 Å². The number of nitrogens with zero attached hydrogens (tertiary/aromatic N) is 3. The average molecular weight is 378 g/mol. The molecule has 0 amide bonds. The van der Waals surface area contributed by atoms with Crippen molar-refractivity contribution in [1.29, 1.82) is 0 Å². The third-order valence-corrected chi connectivity index (χ3v) is 7.02. The van der Waals surface area contributed by atoms with Gasteiger partial charge in [-0.25, -0.2) is 8.42 Å². The van der Waals surface area contributed by atoms with Crippen LogP contribution in [0.25, 0.3) is 0 Å². The molecule has 6 nitrogen and oxygen atoms in total. The fourth-order valence-electron chi connectivity index (χ4n) is 3.77. The van der Waals surface area contributed by atoms with Crippen LogP contribution in [0.15, 0.2) is 27.6 Å². The van der Waals surface area contributed by atoms with Gasteiger partial charge in [-0.2, -0.15) is 4.31 Å². The van der Waals surface area contributed by atoms with Crippen molar-refractivity contribution in [2.75, 3.05) is 26.2 Å². The van der Waals surface area contributed by atoms with Crippen molar-refractivity contribution in [3.63, 3.8) is 0 Å². The minimum Gasteiger partial charge on any atom is -0.361 e. The Bertz CT molecular complexity index is 866. The van der Waals surface area contributed by atoms with Crippen molar-refractivity contribution in [2.45, 2.75) is 45.6 Å². The maximum Gasteiger partial charge on any atom is 0.243 e. The Morgan fingerprint density at radius 3 is 2.31 bits per heavy atom. The molecule has 0 saturated carbocycles. The maximum absolute atomic E-state index is 13.2. The van der Waals surface area contributed by atoms with Crippen LogP contribution >= 0.6 is 0 Å². The van der Waals surface area contributed by atoms with Gasteiger partial charge in [0.2, 0.25) is 10.0 Å². The van der Waals surface area contributed by atoms with Gasteiger partial charge in [-0.1, -0.05) is 22.9 Å². The highest BCUT2D eigenvalue weighted by Crippen LogP contribution is 2.26. The van der Waals surface area contributed by atoms with E-state index in [0.717, 1.165) is 41.1 Å². The van der Waals surface area contributed by atoms with Crippen molar-refractivity contribution >= 4 is 10.0 Å². The molecule has 2 heterocycles. The number of sulfonamides is 1. The van der Waals surface area contributed by atoms with Crippen molar-refractivity contribution in [2.24, 2.45) is 0 Å². The zero-order valence-electron chi connectivity index (χ0n) is 15.9. The Kier molecular flexibility index (Phi) is 5.50. The maximum atomic E-state index is 13.2. The van der Waals surface area contributed by atoms with E-state index < -0.39 is 10.0 Å². The van der Waals surface area contributed by atoms with Crippen LogP contribution in [0, 0.1) is 27.7 Å². The normalized spacial score (nSPS) is 17.4. The molecule has 7 heteroatoms. The van der Waals surface area contributed by atoms with Crippen molar-refractivity contribution < 1.29 is 12.9 Å². The first-order valence-electron chi connectivity index (χ1n) is 9.00. The lowest BCUT2D eigenvalue weighted by Crippen LogP contribution is -2.35. The monoisotopic (exact) mass is 377 g/mol. The van der Waals surface area contributed by atoms with Gasteiger partial charge in [0.25, 0.3) is 0 Å². The fraction of sp³-hybridized carbons (Fsp3) is 0.526. The molecule has 0 atom stereocenters. The highest BCUT2D eigenvalue weighted by atomic mass is 32.2. The van der Waals surface area contributed by atoms with Crippen molar-refractivity contribution in [3.05, 3.63) is 46.3 Å². The molecule has 0 spiro atoms. The van der Waals surface area contributed by atoms with Crippen LogP contribution in [0.5, 0.6) is 0 Å². The van der Waals surface area contributed by atoms with Crippen LogP contribution in [0.3, 0.4) is 0 Å². The summed E-state index contributed by atoms with van der Waals surface area (Å²) in [7, 11) is -3.48. The lowest BCUT2D eigenvalue weighted by atomic mass is 10.1. The Hall–Kier alpha value is -1.70. The number of hydrogen-bond acceptors (Lipinski definition) is 5. The molecule has 0 unspecified atom stereocenters. The molecule has 142 valence electrons. The quantitative estimate of drug-likeness (QED) is 0.820. The Morgan fingerprint density at radius 2 is 1.69 bits per heavy atom. The largest absolute Gasteiger partial charge is 0.361 e. The highest BCUT2D eigenvalue weighted by Gasteiger charge is 2.29. The summed E-state index contributed by atoms with van der Waals surface area (Å²) in [5.41, 5.74) is 3.62. The molecule has 0 N–H and O–H groups in total. The predicted octanol–water partition coefficient (Wildman–Crippen LogP) is 2.80. The van der Waals surface area contributed by atoms with Crippen LogP contribution in [0.4, 0.5) is 0 Å². The van der Waals surface area contributed by atoms with Gasteiger partial charge in [-0.05, 0) is 51.8 Å². The smallest absolute Gasteiger partial charge is 0.243 e. The van der Waals surface area contributed by atoms with E-state index >= 15 is 0 Å². The van der Waals surface area contributed by atoms with Gasteiger partial charge in [0.05, 0.1) is 10.6 Å². The number of aromatic nitrogens is 1. The average Bonchev–Trinajstić information content (AvgIpc) is 2.79. The van der Waals surface area contributed by atoms with E-state index in [1.54, 1.807) is 4.31 Å². The molecule has 0 bridgehead atoms. The summed E-state index contributed by atoms with van der Waals surface area (Å²) in [5, 5.41) is 4.04. The molecular formula is C19H27N3O3S. The third-order valence-electron chi connectivity index (χ3n) is 4.81. The van der Waals surface area contributed by atoms with Crippen molar-refractivity contribution in [3.8, 4) is 0 Å². The van der Waals surface area contributed by atoms with E-state index in [9.17, 15) is 8.42 Å². The topological polar surface area (TPSA) is 66.7 Å². The zero-order chi connectivity index (χ0) is 18.9. The summed E-state index contributed by atoms with van der Waals surface area (Å²) >= 11 is 0. The van der Waals surface area contributed by atoms with Crippen molar-refractivity contribution in [1.82, 2.24) is 14.4 Å². The van der Waals surface area contributed by atoms with Crippen LogP contribution in [0.1, 0.15) is 34.6 Å². The molecule has 1 aromatic carbocycles. The molecule has 0 aliphatic carbocycles. The van der Waals surface area contributed by atoms with E-state index in [-0.39, 0.29) is 0 Å². The highest BCUT2D eigenvalue weighted by molar-refractivity contribution is 7.89. The van der Waals surface area contributed by atoms with E-state index in [1.165, 1.54) is 0 Å². The second-order valence-electron chi connectivity index (χ2n) is 7.19. The minimum absolute atomic E-state index is 0.462. The number of aryl methyl sites for hydroxylation is 4. The molecule has 1 aromatic heterocycles. The van der Waals surface area contributed by atoms with Crippen LogP contribution < -0.4 is 0 Å². The molecule has 3 rings (SSSR count). The fourth-order valence-corrected chi connectivity index (χ4v) is 5.65. The van der Waals surface area contributed by atoms with E-state index in [0.29, 0.717) is 31.1 Å². The first-order chi connectivity index (χ1) is 12.3. The molecule has 1 fully saturated rings. The second-order valence-corrected chi connectivity index (χ2v) is 9.07. The van der Waals surface area contributed by atoms with E-state index in [2.05, 4.69) is 10.1 Å². The first kappa shape index (κ1) is 19.1. The van der Waals surface area contributed by atoms with Gasteiger partial charge in [-0.15, -0.1) is 0 Å². The molecule has 1 aliphatic heterocycles. The lowest BCUT2D eigenvalue weighted by Gasteiger charge is -2.23. The van der Waals surface area contributed by atoms with Gasteiger partial charge in [0.15, 0.2) is 0 Å². The SMILES string of the molecule is Cc1cc(C)c(S(=O)(=O)N2CCCN(Cc3cc(C)on3)CC2)c(C)c1. The minimum atomic E-state index is -3.48. The van der Waals surface area contributed by atoms with Crippen LogP contribution in [0.2, 0.25) is 0 Å². The van der Waals surface area contributed by atoms with E-state index in [1.807, 2.05) is 45.9 Å². The molecule has 2 aromatic rings. The number of benzene rings is 1.